The van der Waals surface area contributed by atoms with Crippen molar-refractivity contribution in [2.75, 3.05) is 25.0 Å². The first kappa shape index (κ1) is 14.8. The van der Waals surface area contributed by atoms with Crippen molar-refractivity contribution in [2.24, 2.45) is 5.92 Å². The van der Waals surface area contributed by atoms with Gasteiger partial charge in [-0.1, -0.05) is 13.0 Å². The minimum Gasteiger partial charge on any atom is -0.480 e. The fourth-order valence-corrected chi connectivity index (χ4v) is 2.79. The molecular formula is C15H23N3O2. The Balaban J connectivity index is 1.83. The summed E-state index contributed by atoms with van der Waals surface area (Å²) in [5, 5.41) is 12.5. The zero-order chi connectivity index (χ0) is 14.5. The summed E-state index contributed by atoms with van der Waals surface area (Å²) in [6.45, 7) is 6.48. The molecule has 0 aromatic carbocycles. The molecule has 1 aromatic rings. The summed E-state index contributed by atoms with van der Waals surface area (Å²) in [4.78, 5) is 17.7. The van der Waals surface area contributed by atoms with Crippen LogP contribution in [0.25, 0.3) is 0 Å². The molecule has 0 unspecified atom stereocenters. The van der Waals surface area contributed by atoms with Gasteiger partial charge in [0.25, 0.3) is 0 Å². The average molecular weight is 277 g/mol. The first-order valence-corrected chi connectivity index (χ1v) is 7.24. The number of rotatable bonds is 6. The topological polar surface area (TPSA) is 65.5 Å². The quantitative estimate of drug-likeness (QED) is 0.832. The maximum absolute atomic E-state index is 11.2. The van der Waals surface area contributed by atoms with E-state index in [1.54, 1.807) is 0 Å². The Labute approximate surface area is 120 Å². The minimum absolute atomic E-state index is 0.336. The molecule has 110 valence electrons. The Kier molecular flexibility index (Phi) is 4.95. The predicted molar refractivity (Wildman–Crippen MR) is 78.9 cm³/mol. The van der Waals surface area contributed by atoms with Crippen molar-refractivity contribution in [1.29, 1.82) is 0 Å². The van der Waals surface area contributed by atoms with Crippen molar-refractivity contribution in [2.45, 2.75) is 32.7 Å². The number of carboxylic acid groups (broad SMARTS) is 1. The zero-order valence-corrected chi connectivity index (χ0v) is 12.2. The number of likely N-dealkylation sites (tertiary alicyclic amines) is 1. The number of nitrogens with one attached hydrogen (secondary N) is 1. The molecule has 0 amide bonds. The summed E-state index contributed by atoms with van der Waals surface area (Å²) < 4.78 is 0. The van der Waals surface area contributed by atoms with Gasteiger partial charge in [-0.05, 0) is 44.4 Å². The van der Waals surface area contributed by atoms with Gasteiger partial charge >= 0.3 is 5.97 Å². The molecule has 2 rings (SSSR count). The minimum atomic E-state index is -0.707. The van der Waals surface area contributed by atoms with Crippen LogP contribution in [-0.2, 0) is 4.79 Å². The number of hydrogen-bond acceptors (Lipinski definition) is 4. The van der Waals surface area contributed by atoms with E-state index in [-0.39, 0.29) is 6.04 Å². The number of aryl methyl sites for hydroxylation is 1. The molecular weight excluding hydrogens is 254 g/mol. The lowest BCUT2D eigenvalue weighted by Gasteiger charge is -2.23. The second-order valence-electron chi connectivity index (χ2n) is 5.46. The smallest absolute Gasteiger partial charge is 0.320 e. The highest BCUT2D eigenvalue weighted by Crippen LogP contribution is 2.20. The molecule has 0 radical (unpaired) electrons. The summed E-state index contributed by atoms with van der Waals surface area (Å²) in [5.74, 6) is 0.681. The highest BCUT2D eigenvalue weighted by atomic mass is 16.4. The first-order chi connectivity index (χ1) is 9.60. The Morgan fingerprint density at radius 1 is 1.60 bits per heavy atom. The number of nitrogens with zero attached hydrogens (tertiary/aromatic N) is 2. The zero-order valence-electron chi connectivity index (χ0n) is 12.2. The lowest BCUT2D eigenvalue weighted by atomic mass is 10.1. The number of anilines is 1. The van der Waals surface area contributed by atoms with E-state index in [9.17, 15) is 9.90 Å². The normalized spacial score (nSPS) is 20.8. The Morgan fingerprint density at radius 2 is 2.40 bits per heavy atom. The van der Waals surface area contributed by atoms with Gasteiger partial charge < -0.3 is 10.4 Å². The molecule has 0 bridgehead atoms. The van der Waals surface area contributed by atoms with E-state index in [1.165, 1.54) is 0 Å². The second-order valence-corrected chi connectivity index (χ2v) is 5.46. The summed E-state index contributed by atoms with van der Waals surface area (Å²) in [6, 6.07) is 5.59. The van der Waals surface area contributed by atoms with Crippen LogP contribution in [0.3, 0.4) is 0 Å². The molecule has 1 aliphatic heterocycles. The lowest BCUT2D eigenvalue weighted by molar-refractivity contribution is -0.143. The molecule has 2 heterocycles. The van der Waals surface area contributed by atoms with Gasteiger partial charge in [0.15, 0.2) is 0 Å². The van der Waals surface area contributed by atoms with E-state index in [1.807, 2.05) is 32.0 Å². The second kappa shape index (κ2) is 6.70. The predicted octanol–water partition coefficient (Wildman–Crippen LogP) is 1.99. The fraction of sp³-hybridized carbons (Fsp3) is 0.600. The van der Waals surface area contributed by atoms with E-state index in [2.05, 4.69) is 15.2 Å². The van der Waals surface area contributed by atoms with Crippen molar-refractivity contribution in [3.05, 3.63) is 23.9 Å². The third-order valence-electron chi connectivity index (χ3n) is 3.89. The number of carboxylic acids is 1. The summed E-state index contributed by atoms with van der Waals surface area (Å²) in [7, 11) is 0. The lowest BCUT2D eigenvalue weighted by Crippen LogP contribution is -2.39. The maximum Gasteiger partial charge on any atom is 0.320 e. The molecule has 2 N–H and O–H groups in total. The van der Waals surface area contributed by atoms with Gasteiger partial charge in [0.2, 0.25) is 0 Å². The van der Waals surface area contributed by atoms with E-state index in [4.69, 9.17) is 0 Å². The molecule has 0 saturated carbocycles. The number of aromatic nitrogens is 1. The third-order valence-corrected chi connectivity index (χ3v) is 3.89. The van der Waals surface area contributed by atoms with Crippen LogP contribution in [0.5, 0.6) is 0 Å². The van der Waals surface area contributed by atoms with Gasteiger partial charge in [-0.25, -0.2) is 4.98 Å². The van der Waals surface area contributed by atoms with E-state index in [0.29, 0.717) is 12.3 Å². The van der Waals surface area contributed by atoms with Crippen LogP contribution in [0.4, 0.5) is 5.82 Å². The molecule has 5 nitrogen and oxygen atoms in total. The Morgan fingerprint density at radius 3 is 3.05 bits per heavy atom. The van der Waals surface area contributed by atoms with Gasteiger partial charge in [-0.3, -0.25) is 9.69 Å². The van der Waals surface area contributed by atoms with Crippen molar-refractivity contribution in [3.8, 4) is 0 Å². The molecule has 5 heteroatoms. The molecule has 0 spiro atoms. The molecule has 1 fully saturated rings. The molecule has 2 atom stereocenters. The molecule has 1 aliphatic rings. The molecule has 0 aliphatic carbocycles. The van der Waals surface area contributed by atoms with Crippen molar-refractivity contribution >= 4 is 11.8 Å². The number of pyridine rings is 1. The van der Waals surface area contributed by atoms with Crippen LogP contribution in [0.1, 0.15) is 25.5 Å². The van der Waals surface area contributed by atoms with Gasteiger partial charge in [0.1, 0.15) is 11.9 Å². The van der Waals surface area contributed by atoms with E-state index >= 15 is 0 Å². The van der Waals surface area contributed by atoms with E-state index in [0.717, 1.165) is 37.6 Å². The van der Waals surface area contributed by atoms with Crippen LogP contribution < -0.4 is 5.32 Å². The number of aliphatic carboxylic acids is 1. The van der Waals surface area contributed by atoms with Gasteiger partial charge in [0, 0.05) is 18.8 Å². The summed E-state index contributed by atoms with van der Waals surface area (Å²) >= 11 is 0. The molecule has 20 heavy (non-hydrogen) atoms. The molecule has 1 aromatic heterocycles. The van der Waals surface area contributed by atoms with Crippen LogP contribution >= 0.6 is 0 Å². The van der Waals surface area contributed by atoms with Crippen molar-refractivity contribution < 1.29 is 9.90 Å². The number of carbonyl (C=O) groups is 1. The largest absolute Gasteiger partial charge is 0.480 e. The standard InChI is InChI=1S/C15H23N3O2/c1-3-13(15(19)20)18-8-7-12(10-18)9-16-14-6-4-5-11(2)17-14/h4-6,12-13H,3,7-10H2,1-2H3,(H,16,17)(H,19,20)/t12-,13+/m0/s1. The van der Waals surface area contributed by atoms with Crippen molar-refractivity contribution in [1.82, 2.24) is 9.88 Å². The Hall–Kier alpha value is -1.62. The summed E-state index contributed by atoms with van der Waals surface area (Å²) in [5.41, 5.74) is 1.000. The van der Waals surface area contributed by atoms with Gasteiger partial charge in [-0.15, -0.1) is 0 Å². The van der Waals surface area contributed by atoms with Crippen LogP contribution in [0.2, 0.25) is 0 Å². The first-order valence-electron chi connectivity index (χ1n) is 7.24. The molecule has 1 saturated heterocycles. The summed E-state index contributed by atoms with van der Waals surface area (Å²) in [6.07, 6.45) is 1.71. The van der Waals surface area contributed by atoms with E-state index < -0.39 is 5.97 Å². The third kappa shape index (κ3) is 3.70. The van der Waals surface area contributed by atoms with Gasteiger partial charge in [-0.2, -0.15) is 0 Å². The Bertz CT molecular complexity index is 464. The van der Waals surface area contributed by atoms with Crippen molar-refractivity contribution in [3.63, 3.8) is 0 Å². The van der Waals surface area contributed by atoms with Gasteiger partial charge in [0.05, 0.1) is 0 Å². The van der Waals surface area contributed by atoms with Crippen LogP contribution in [0, 0.1) is 12.8 Å². The highest BCUT2D eigenvalue weighted by Gasteiger charge is 2.30. The number of hydrogen-bond donors (Lipinski definition) is 2. The highest BCUT2D eigenvalue weighted by molar-refractivity contribution is 5.73. The monoisotopic (exact) mass is 277 g/mol. The maximum atomic E-state index is 11.2. The van der Waals surface area contributed by atoms with Crippen LogP contribution in [0.15, 0.2) is 18.2 Å². The SMILES string of the molecule is CC[C@H](C(=O)O)N1CC[C@@H](CNc2cccc(C)n2)C1. The van der Waals surface area contributed by atoms with Crippen LogP contribution in [-0.4, -0.2) is 46.6 Å². The fourth-order valence-electron chi connectivity index (χ4n) is 2.79. The average Bonchev–Trinajstić information content (AvgIpc) is 2.85.